The molecule has 0 radical (unpaired) electrons. The summed E-state index contributed by atoms with van der Waals surface area (Å²) in [5.41, 5.74) is 0.879. The van der Waals surface area contributed by atoms with E-state index in [4.69, 9.17) is 4.74 Å². The third kappa shape index (κ3) is 3.89. The molecule has 0 bridgehead atoms. The van der Waals surface area contributed by atoms with Crippen molar-refractivity contribution in [3.63, 3.8) is 0 Å². The smallest absolute Gasteiger partial charge is 0.228 e. The molecule has 0 N–H and O–H groups in total. The maximum atomic E-state index is 12.5. The molecular weight excluding hydrogens is 310 g/mol. The van der Waals surface area contributed by atoms with E-state index >= 15 is 0 Å². The molecule has 2 aromatic rings. The van der Waals surface area contributed by atoms with Gasteiger partial charge in [-0.2, -0.15) is 0 Å². The number of pyridine rings is 1. The minimum absolute atomic E-state index is 0.157. The molecule has 23 heavy (non-hydrogen) atoms. The van der Waals surface area contributed by atoms with Gasteiger partial charge in [0.2, 0.25) is 5.91 Å². The lowest BCUT2D eigenvalue weighted by Crippen LogP contribution is -2.43. The van der Waals surface area contributed by atoms with Gasteiger partial charge >= 0.3 is 0 Å². The van der Waals surface area contributed by atoms with Gasteiger partial charge in [-0.1, -0.05) is 12.1 Å². The number of thiophene rings is 1. The predicted molar refractivity (Wildman–Crippen MR) is 91.9 cm³/mol. The summed E-state index contributed by atoms with van der Waals surface area (Å²) >= 11 is 1.62. The number of rotatable bonds is 4. The molecule has 0 aliphatic carbocycles. The van der Waals surface area contributed by atoms with Crippen molar-refractivity contribution in [1.29, 1.82) is 0 Å². The number of nitrogens with zero attached hydrogens (tertiary/aromatic N) is 3. The molecule has 3 heterocycles. The van der Waals surface area contributed by atoms with Crippen LogP contribution in [0.5, 0.6) is 0 Å². The van der Waals surface area contributed by atoms with E-state index < -0.39 is 0 Å². The lowest BCUT2D eigenvalue weighted by atomic mass is 10.1. The number of ether oxygens (including phenoxy) is 1. The molecule has 3 rings (SSSR count). The summed E-state index contributed by atoms with van der Waals surface area (Å²) < 4.78 is 5.84. The van der Waals surface area contributed by atoms with Gasteiger partial charge in [-0.05, 0) is 23.6 Å². The van der Waals surface area contributed by atoms with Crippen LogP contribution in [0.25, 0.3) is 0 Å². The fourth-order valence-electron chi connectivity index (χ4n) is 2.60. The molecule has 6 heteroatoms. The van der Waals surface area contributed by atoms with Crippen LogP contribution in [0.15, 0.2) is 35.7 Å². The second-order valence-corrected chi connectivity index (χ2v) is 6.80. The van der Waals surface area contributed by atoms with Crippen LogP contribution < -0.4 is 4.90 Å². The Morgan fingerprint density at radius 2 is 2.26 bits per heavy atom. The Kier molecular flexibility index (Phi) is 4.93. The standard InChI is InChI=1S/C17H21N3O2S/c1-19(2)16-7-3-6-14(18-16)15-12-20(8-9-22-15)17(21)11-13-5-4-10-23-13/h3-7,10,15H,8-9,11-12H2,1-2H3/t15-/m1/s1. The van der Waals surface area contributed by atoms with E-state index in [-0.39, 0.29) is 12.0 Å². The first kappa shape index (κ1) is 16.0. The van der Waals surface area contributed by atoms with Gasteiger partial charge in [0.1, 0.15) is 11.9 Å². The molecule has 0 aromatic carbocycles. The van der Waals surface area contributed by atoms with Crippen molar-refractivity contribution in [3.05, 3.63) is 46.3 Å². The number of hydrogen-bond donors (Lipinski definition) is 0. The topological polar surface area (TPSA) is 45.7 Å². The minimum atomic E-state index is -0.157. The summed E-state index contributed by atoms with van der Waals surface area (Å²) in [6.07, 6.45) is 0.311. The zero-order valence-electron chi connectivity index (χ0n) is 13.4. The van der Waals surface area contributed by atoms with Gasteiger partial charge < -0.3 is 14.5 Å². The summed E-state index contributed by atoms with van der Waals surface area (Å²) in [5, 5.41) is 2.00. The fraction of sp³-hybridized carbons (Fsp3) is 0.412. The number of anilines is 1. The fourth-order valence-corrected chi connectivity index (χ4v) is 3.29. The first-order chi connectivity index (χ1) is 11.1. The third-order valence-corrected chi connectivity index (χ3v) is 4.75. The number of amides is 1. The van der Waals surface area contributed by atoms with E-state index in [1.807, 2.05) is 59.6 Å². The van der Waals surface area contributed by atoms with Gasteiger partial charge in [-0.15, -0.1) is 11.3 Å². The van der Waals surface area contributed by atoms with Gasteiger partial charge in [-0.3, -0.25) is 4.79 Å². The molecule has 2 aromatic heterocycles. The Bertz CT molecular complexity index is 658. The van der Waals surface area contributed by atoms with Gasteiger partial charge in [0.15, 0.2) is 0 Å². The Labute approximate surface area is 140 Å². The second-order valence-electron chi connectivity index (χ2n) is 5.77. The summed E-state index contributed by atoms with van der Waals surface area (Å²) in [7, 11) is 3.93. The maximum Gasteiger partial charge on any atom is 0.228 e. The Morgan fingerprint density at radius 1 is 1.39 bits per heavy atom. The van der Waals surface area contributed by atoms with Crippen LogP contribution in [-0.4, -0.2) is 49.6 Å². The van der Waals surface area contributed by atoms with Gasteiger partial charge in [0, 0.05) is 25.5 Å². The molecule has 122 valence electrons. The number of carbonyl (C=O) groups is 1. The van der Waals surface area contributed by atoms with Crippen molar-refractivity contribution in [3.8, 4) is 0 Å². The number of carbonyl (C=O) groups excluding carboxylic acids is 1. The molecule has 1 fully saturated rings. The maximum absolute atomic E-state index is 12.5. The normalized spacial score (nSPS) is 18.0. The molecule has 1 amide bonds. The first-order valence-electron chi connectivity index (χ1n) is 7.69. The highest BCUT2D eigenvalue weighted by atomic mass is 32.1. The third-order valence-electron chi connectivity index (χ3n) is 3.87. The molecule has 0 spiro atoms. The molecule has 1 aliphatic rings. The minimum Gasteiger partial charge on any atom is -0.368 e. The molecule has 1 saturated heterocycles. The first-order valence-corrected chi connectivity index (χ1v) is 8.57. The van der Waals surface area contributed by atoms with E-state index in [2.05, 4.69) is 4.98 Å². The Hall–Kier alpha value is -1.92. The Morgan fingerprint density at radius 3 is 3.00 bits per heavy atom. The van der Waals surface area contributed by atoms with Crippen LogP contribution in [-0.2, 0) is 16.0 Å². The number of morpholine rings is 1. The van der Waals surface area contributed by atoms with Crippen LogP contribution in [0.4, 0.5) is 5.82 Å². The molecule has 1 atom stereocenters. The van der Waals surface area contributed by atoms with Crippen LogP contribution in [0, 0.1) is 0 Å². The van der Waals surface area contributed by atoms with Crippen molar-refractivity contribution < 1.29 is 9.53 Å². The van der Waals surface area contributed by atoms with Crippen molar-refractivity contribution >= 4 is 23.1 Å². The zero-order chi connectivity index (χ0) is 16.2. The van der Waals surface area contributed by atoms with Gasteiger partial charge in [-0.25, -0.2) is 4.98 Å². The van der Waals surface area contributed by atoms with Gasteiger partial charge in [0.05, 0.1) is 25.3 Å². The monoisotopic (exact) mass is 331 g/mol. The van der Waals surface area contributed by atoms with E-state index in [1.54, 1.807) is 11.3 Å². The molecule has 5 nitrogen and oxygen atoms in total. The highest BCUT2D eigenvalue weighted by Gasteiger charge is 2.26. The van der Waals surface area contributed by atoms with Crippen LogP contribution in [0.3, 0.4) is 0 Å². The summed E-state index contributed by atoms with van der Waals surface area (Å²) in [6.45, 7) is 1.76. The average Bonchev–Trinajstić information content (AvgIpc) is 3.08. The Balaban J connectivity index is 1.68. The summed E-state index contributed by atoms with van der Waals surface area (Å²) in [6, 6.07) is 9.89. The molecule has 1 aliphatic heterocycles. The largest absolute Gasteiger partial charge is 0.368 e. The second kappa shape index (κ2) is 7.10. The number of aromatic nitrogens is 1. The summed E-state index contributed by atoms with van der Waals surface area (Å²) in [4.78, 5) is 22.1. The predicted octanol–water partition coefficient (Wildman–Crippen LogP) is 2.35. The van der Waals surface area contributed by atoms with Gasteiger partial charge in [0.25, 0.3) is 0 Å². The quantitative estimate of drug-likeness (QED) is 0.863. The van der Waals surface area contributed by atoms with Crippen LogP contribution in [0.2, 0.25) is 0 Å². The lowest BCUT2D eigenvalue weighted by Gasteiger charge is -2.33. The zero-order valence-corrected chi connectivity index (χ0v) is 14.3. The lowest BCUT2D eigenvalue weighted by molar-refractivity contribution is -0.138. The molecular formula is C17H21N3O2S. The van der Waals surface area contributed by atoms with E-state index in [0.717, 1.165) is 16.4 Å². The highest BCUT2D eigenvalue weighted by Crippen LogP contribution is 2.23. The average molecular weight is 331 g/mol. The molecule has 0 unspecified atom stereocenters. The summed E-state index contributed by atoms with van der Waals surface area (Å²) in [5.74, 6) is 1.05. The van der Waals surface area contributed by atoms with E-state index in [9.17, 15) is 4.79 Å². The van der Waals surface area contributed by atoms with Crippen molar-refractivity contribution in [2.75, 3.05) is 38.7 Å². The van der Waals surface area contributed by atoms with Crippen LogP contribution >= 0.6 is 11.3 Å². The van der Waals surface area contributed by atoms with Crippen molar-refractivity contribution in [2.24, 2.45) is 0 Å². The molecule has 0 saturated carbocycles. The van der Waals surface area contributed by atoms with Crippen LogP contribution in [0.1, 0.15) is 16.7 Å². The SMILES string of the molecule is CN(C)c1cccc([C@H]2CN(C(=O)Cc3cccs3)CCO2)n1. The number of hydrogen-bond acceptors (Lipinski definition) is 5. The van der Waals surface area contributed by atoms with E-state index in [0.29, 0.717) is 26.1 Å². The van der Waals surface area contributed by atoms with E-state index in [1.165, 1.54) is 0 Å². The highest BCUT2D eigenvalue weighted by molar-refractivity contribution is 7.10. The van der Waals surface area contributed by atoms with Crippen molar-refractivity contribution in [2.45, 2.75) is 12.5 Å². The van der Waals surface area contributed by atoms with Crippen molar-refractivity contribution in [1.82, 2.24) is 9.88 Å².